The van der Waals surface area contributed by atoms with Gasteiger partial charge >= 0.3 is 12.1 Å². The summed E-state index contributed by atoms with van der Waals surface area (Å²) in [6.45, 7) is 4.50. The zero-order chi connectivity index (χ0) is 20.1. The quantitative estimate of drug-likeness (QED) is 0.291. The summed E-state index contributed by atoms with van der Waals surface area (Å²) >= 11 is 0. The molecular formula is C14H22N4O8. The van der Waals surface area contributed by atoms with Crippen LogP contribution >= 0.6 is 0 Å². The third kappa shape index (κ3) is 6.79. The van der Waals surface area contributed by atoms with Crippen LogP contribution in [-0.4, -0.2) is 45.8 Å². The lowest BCUT2D eigenvalue weighted by atomic mass is 10.2. The van der Waals surface area contributed by atoms with E-state index in [1.54, 1.807) is 20.8 Å². The highest BCUT2D eigenvalue weighted by Gasteiger charge is 2.24. The molecule has 12 heteroatoms. The molecule has 1 amide bonds. The van der Waals surface area contributed by atoms with E-state index >= 15 is 0 Å². The minimum Gasteiger partial charge on any atom is -0.595 e. The van der Waals surface area contributed by atoms with E-state index < -0.39 is 34.2 Å². The molecule has 1 aromatic rings. The summed E-state index contributed by atoms with van der Waals surface area (Å²) in [7, 11) is 0. The average molecular weight is 374 g/mol. The minimum atomic E-state index is -1.40. The van der Waals surface area contributed by atoms with Gasteiger partial charge in [0.25, 0.3) is 0 Å². The number of hydrogen-bond donors (Lipinski definition) is 7. The van der Waals surface area contributed by atoms with Gasteiger partial charge in [-0.25, -0.2) is 20.0 Å². The molecule has 0 saturated carbocycles. The van der Waals surface area contributed by atoms with Crippen LogP contribution in [0.25, 0.3) is 0 Å². The number of carbonyl (C=O) groups is 2. The highest BCUT2D eigenvalue weighted by molar-refractivity contribution is 5.81. The first-order valence-electron chi connectivity index (χ1n) is 7.47. The second-order valence-corrected chi connectivity index (χ2v) is 6.29. The van der Waals surface area contributed by atoms with E-state index in [0.29, 0.717) is 0 Å². The first-order valence-corrected chi connectivity index (χ1v) is 7.47. The molecule has 0 fully saturated rings. The fourth-order valence-corrected chi connectivity index (χ4v) is 1.87. The SMILES string of the molecule is CC(C)(C)OC(=O)NC(CNc1ccc([NH+]([O-])O)cc1[NH+]([O-])O)C(=O)O. The number of aliphatic carboxylic acids is 1. The normalized spacial score (nSPS) is 14.9. The van der Waals surface area contributed by atoms with Gasteiger partial charge < -0.3 is 30.9 Å². The number of carboxylic acid groups (broad SMARTS) is 1. The number of rotatable bonds is 7. The summed E-state index contributed by atoms with van der Waals surface area (Å²) in [5.41, 5.74) is -1.37. The molecule has 12 nitrogen and oxygen atoms in total. The predicted octanol–water partition coefficient (Wildman–Crippen LogP) is -1.12. The van der Waals surface area contributed by atoms with Crippen LogP contribution in [0.4, 0.5) is 21.9 Å². The first-order chi connectivity index (χ1) is 11.9. The van der Waals surface area contributed by atoms with Crippen LogP contribution in [0.3, 0.4) is 0 Å². The number of benzene rings is 1. The monoisotopic (exact) mass is 374 g/mol. The molecule has 0 aromatic heterocycles. The van der Waals surface area contributed by atoms with Gasteiger partial charge in [-0.2, -0.15) is 10.5 Å². The van der Waals surface area contributed by atoms with Crippen molar-refractivity contribution in [3.8, 4) is 0 Å². The van der Waals surface area contributed by atoms with Crippen molar-refractivity contribution in [2.24, 2.45) is 0 Å². The second-order valence-electron chi connectivity index (χ2n) is 6.29. The predicted molar refractivity (Wildman–Crippen MR) is 87.3 cm³/mol. The summed E-state index contributed by atoms with van der Waals surface area (Å²) in [5.74, 6) is -1.36. The lowest BCUT2D eigenvalue weighted by Crippen LogP contribution is -3.00. The standard InChI is InChI=1S/C14H22N4O8/c1-14(2,3)26-13(21)16-10(12(19)20)7-15-9-5-4-8(17(22)23)6-11(9)18(24)25/h4-6,10,15,17-18,22,24H,7H2,1-3H3,(H,16,21)(H,19,20). The van der Waals surface area contributed by atoms with Crippen molar-refractivity contribution in [3.63, 3.8) is 0 Å². The van der Waals surface area contributed by atoms with Crippen molar-refractivity contribution in [2.75, 3.05) is 11.9 Å². The average Bonchev–Trinajstić information content (AvgIpc) is 2.48. The van der Waals surface area contributed by atoms with Crippen molar-refractivity contribution in [1.29, 1.82) is 0 Å². The van der Waals surface area contributed by atoms with Crippen LogP contribution in [0.5, 0.6) is 0 Å². The Labute approximate surface area is 148 Å². The number of nitrogens with one attached hydrogen (secondary N) is 4. The zero-order valence-corrected chi connectivity index (χ0v) is 14.4. The van der Waals surface area contributed by atoms with Crippen LogP contribution < -0.4 is 21.1 Å². The van der Waals surface area contributed by atoms with Crippen LogP contribution in [0, 0.1) is 10.4 Å². The summed E-state index contributed by atoms with van der Waals surface area (Å²) < 4.78 is 4.97. The Kier molecular flexibility index (Phi) is 7.26. The topological polar surface area (TPSA) is 183 Å². The maximum Gasteiger partial charge on any atom is 0.408 e. The van der Waals surface area contributed by atoms with Gasteiger partial charge in [0.05, 0.1) is 6.07 Å². The zero-order valence-electron chi connectivity index (χ0n) is 14.4. The van der Waals surface area contributed by atoms with Gasteiger partial charge in [-0.1, -0.05) is 0 Å². The molecule has 0 aliphatic heterocycles. The summed E-state index contributed by atoms with van der Waals surface area (Å²) in [5, 5.41) is 51.5. The van der Waals surface area contributed by atoms with Crippen molar-refractivity contribution in [3.05, 3.63) is 28.6 Å². The van der Waals surface area contributed by atoms with Crippen molar-refractivity contribution >= 4 is 29.1 Å². The van der Waals surface area contributed by atoms with Crippen LogP contribution in [0.15, 0.2) is 18.2 Å². The van der Waals surface area contributed by atoms with Gasteiger partial charge in [-0.3, -0.25) is 0 Å². The number of amides is 1. The van der Waals surface area contributed by atoms with E-state index in [-0.39, 0.29) is 23.6 Å². The Morgan fingerprint density at radius 1 is 1.23 bits per heavy atom. The van der Waals surface area contributed by atoms with Gasteiger partial charge in [-0.05, 0) is 26.8 Å². The summed E-state index contributed by atoms with van der Waals surface area (Å²) in [6, 6.07) is 1.93. The van der Waals surface area contributed by atoms with Crippen LogP contribution in [0.1, 0.15) is 20.8 Å². The van der Waals surface area contributed by atoms with E-state index in [4.69, 9.17) is 9.94 Å². The molecule has 1 rings (SSSR count). The Bertz CT molecular complexity index is 644. The molecule has 146 valence electrons. The third-order valence-corrected chi connectivity index (χ3v) is 2.98. The van der Waals surface area contributed by atoms with Gasteiger partial charge in [0.1, 0.15) is 17.3 Å². The van der Waals surface area contributed by atoms with Crippen LogP contribution in [-0.2, 0) is 9.53 Å². The number of hydrogen-bond acceptors (Lipinski definition) is 8. The Balaban J connectivity index is 2.86. The highest BCUT2D eigenvalue weighted by atomic mass is 16.8. The molecule has 7 N–H and O–H groups in total. The van der Waals surface area contributed by atoms with Crippen LogP contribution in [0.2, 0.25) is 0 Å². The summed E-state index contributed by atoms with van der Waals surface area (Å²) in [6.07, 6.45) is -0.939. The molecule has 3 atom stereocenters. The number of anilines is 1. The fraction of sp³-hybridized carbons (Fsp3) is 0.429. The fourth-order valence-electron chi connectivity index (χ4n) is 1.87. The molecule has 26 heavy (non-hydrogen) atoms. The Morgan fingerprint density at radius 3 is 2.31 bits per heavy atom. The maximum atomic E-state index is 11.7. The molecule has 0 saturated heterocycles. The largest absolute Gasteiger partial charge is 0.595 e. The first kappa shape index (κ1) is 21.6. The number of carboxylic acids is 1. The molecule has 0 spiro atoms. The van der Waals surface area contributed by atoms with E-state index in [2.05, 4.69) is 10.6 Å². The lowest BCUT2D eigenvalue weighted by Gasteiger charge is -2.23. The Hall–Kier alpha value is -2.48. The molecule has 1 aromatic carbocycles. The molecule has 3 unspecified atom stereocenters. The van der Waals surface area contributed by atoms with Crippen molar-refractivity contribution in [1.82, 2.24) is 5.32 Å². The van der Waals surface area contributed by atoms with E-state index in [9.17, 15) is 30.3 Å². The molecular weight excluding hydrogens is 352 g/mol. The minimum absolute atomic E-state index is 0.0136. The number of alkyl carbamates (subject to hydrolysis) is 1. The Morgan fingerprint density at radius 2 is 1.85 bits per heavy atom. The molecule has 0 heterocycles. The second kappa shape index (κ2) is 8.75. The third-order valence-electron chi connectivity index (χ3n) is 2.98. The van der Waals surface area contributed by atoms with Gasteiger partial charge in [0.2, 0.25) is 0 Å². The number of carbonyl (C=O) groups excluding carboxylic acids is 1. The van der Waals surface area contributed by atoms with E-state index in [0.717, 1.165) is 6.07 Å². The number of quaternary nitrogens is 2. The van der Waals surface area contributed by atoms with Gasteiger partial charge in [-0.15, -0.1) is 0 Å². The number of ether oxygens (including phenoxy) is 1. The lowest BCUT2D eigenvalue weighted by molar-refractivity contribution is -0.996. The van der Waals surface area contributed by atoms with Gasteiger partial charge in [0.15, 0.2) is 11.4 Å². The molecule has 0 bridgehead atoms. The van der Waals surface area contributed by atoms with E-state index in [1.807, 2.05) is 0 Å². The summed E-state index contributed by atoms with van der Waals surface area (Å²) in [4.78, 5) is 23.0. The smallest absolute Gasteiger partial charge is 0.408 e. The molecule has 0 aliphatic rings. The van der Waals surface area contributed by atoms with E-state index in [1.165, 1.54) is 12.1 Å². The van der Waals surface area contributed by atoms with Crippen molar-refractivity contribution < 1.29 is 40.3 Å². The highest BCUT2D eigenvalue weighted by Crippen LogP contribution is 2.20. The molecule has 0 aliphatic carbocycles. The van der Waals surface area contributed by atoms with Crippen molar-refractivity contribution in [2.45, 2.75) is 32.4 Å². The maximum absolute atomic E-state index is 11.7. The van der Waals surface area contributed by atoms with Gasteiger partial charge in [0, 0.05) is 12.6 Å². The molecule has 0 radical (unpaired) electrons.